The molecule has 0 saturated carbocycles. The van der Waals surface area contributed by atoms with E-state index in [2.05, 4.69) is 50.6 Å². The summed E-state index contributed by atoms with van der Waals surface area (Å²) in [6.07, 6.45) is -8.13. The third kappa shape index (κ3) is 7.39. The Labute approximate surface area is 309 Å². The Bertz CT molecular complexity index is 2390. The standard InChI is InChI=1S/C31H35FN12O10S/c1-13(2)26(47)39-31-38-25-20(28(49)40-31)41-42-44(25)30-18(32)22(17(10-45)53-30)54-55(50,51)36-9-16-21(46)14(3)29(52-16)43-12-35-19-23(33-11-34-24(19)43)37-27(48)15-7-5-4-6-8-15/h4-8,11-14,16-18,21-22,29-30,36,45-46H,9-10H2,1-3H3,(H,33,34,37,48)(H2,38,39,40,47,49)/t14-,16-,17-,18-,21+,22-,29-,30-/m1/s1. The lowest BCUT2D eigenvalue weighted by molar-refractivity contribution is -0.118. The number of fused-ring (bicyclic) bond motifs is 2. The Morgan fingerprint density at radius 2 is 1.80 bits per heavy atom. The fourth-order valence-corrected chi connectivity index (χ4v) is 7.09. The minimum atomic E-state index is -4.80. The van der Waals surface area contributed by atoms with Gasteiger partial charge >= 0.3 is 10.3 Å². The molecule has 0 spiro atoms. The second kappa shape index (κ2) is 15.0. The number of nitrogens with zero attached hydrogens (tertiary/aromatic N) is 8. The van der Waals surface area contributed by atoms with Gasteiger partial charge < -0.3 is 25.0 Å². The first-order valence-electron chi connectivity index (χ1n) is 16.9. The first-order valence-corrected chi connectivity index (χ1v) is 18.3. The number of rotatable bonds is 12. The van der Waals surface area contributed by atoms with Crippen LogP contribution < -0.4 is 20.9 Å². The Morgan fingerprint density at radius 3 is 2.53 bits per heavy atom. The molecule has 2 saturated heterocycles. The van der Waals surface area contributed by atoms with Crippen LogP contribution in [0.5, 0.6) is 0 Å². The van der Waals surface area contributed by atoms with Gasteiger partial charge in [0.2, 0.25) is 11.9 Å². The second-order valence-corrected chi connectivity index (χ2v) is 14.5. The van der Waals surface area contributed by atoms with E-state index in [1.54, 1.807) is 51.1 Å². The van der Waals surface area contributed by atoms with Gasteiger partial charge in [0.05, 0.1) is 19.0 Å². The lowest BCUT2D eigenvalue weighted by atomic mass is 10.0. The number of benzene rings is 1. The van der Waals surface area contributed by atoms with Gasteiger partial charge in [-0.05, 0) is 12.1 Å². The van der Waals surface area contributed by atoms with Crippen molar-refractivity contribution in [2.75, 3.05) is 23.8 Å². The van der Waals surface area contributed by atoms with Gasteiger partial charge in [0.1, 0.15) is 30.9 Å². The number of imidazole rings is 1. The van der Waals surface area contributed by atoms with E-state index in [0.717, 1.165) is 4.68 Å². The quantitative estimate of drug-likeness (QED) is 0.0933. The molecule has 292 valence electrons. The van der Waals surface area contributed by atoms with E-state index < -0.39 is 95.7 Å². The third-order valence-corrected chi connectivity index (χ3v) is 10.1. The van der Waals surface area contributed by atoms with Crippen molar-refractivity contribution in [3.63, 3.8) is 0 Å². The minimum Gasteiger partial charge on any atom is -0.394 e. The molecular formula is C31H35FN12O10S. The molecule has 2 amide bonds. The lowest BCUT2D eigenvalue weighted by Gasteiger charge is -2.20. The van der Waals surface area contributed by atoms with Crippen LogP contribution >= 0.6 is 0 Å². The highest BCUT2D eigenvalue weighted by Crippen LogP contribution is 2.37. The number of carbonyl (C=O) groups excluding carboxylic acids is 2. The van der Waals surface area contributed by atoms with Gasteiger partial charge in [-0.3, -0.25) is 29.3 Å². The van der Waals surface area contributed by atoms with Gasteiger partial charge in [-0.2, -0.15) is 22.8 Å². The number of aliphatic hydroxyl groups is 2. The van der Waals surface area contributed by atoms with Crippen molar-refractivity contribution in [1.29, 1.82) is 0 Å². The molecular weight excluding hydrogens is 751 g/mol. The van der Waals surface area contributed by atoms with E-state index in [1.807, 2.05) is 0 Å². The van der Waals surface area contributed by atoms with Gasteiger partial charge in [0.25, 0.3) is 11.5 Å². The fraction of sp³-hybridized carbons (Fsp3) is 0.452. The molecule has 2 aliphatic heterocycles. The molecule has 2 aliphatic rings. The largest absolute Gasteiger partial charge is 0.394 e. The van der Waals surface area contributed by atoms with E-state index in [9.17, 15) is 33.0 Å². The van der Waals surface area contributed by atoms with Crippen LogP contribution in [-0.2, 0) is 28.8 Å². The summed E-state index contributed by atoms with van der Waals surface area (Å²) in [6.45, 7) is 3.49. The Kier molecular flexibility index (Phi) is 10.4. The van der Waals surface area contributed by atoms with Crippen LogP contribution in [0.3, 0.4) is 0 Å². The normalized spacial score (nSPS) is 25.6. The number of amides is 2. The predicted molar refractivity (Wildman–Crippen MR) is 186 cm³/mol. The number of ether oxygens (including phenoxy) is 2. The third-order valence-electron chi connectivity index (χ3n) is 9.07. The van der Waals surface area contributed by atoms with Crippen LogP contribution in [-0.4, -0.2) is 119 Å². The van der Waals surface area contributed by atoms with E-state index in [1.165, 1.54) is 17.2 Å². The van der Waals surface area contributed by atoms with Crippen molar-refractivity contribution >= 4 is 56.2 Å². The summed E-state index contributed by atoms with van der Waals surface area (Å²) in [7, 11) is -4.80. The number of aliphatic hydroxyl groups excluding tert-OH is 2. The number of hydrogen-bond donors (Lipinski definition) is 6. The number of hydrogen-bond acceptors (Lipinski definition) is 16. The van der Waals surface area contributed by atoms with Gasteiger partial charge in [0.15, 0.2) is 40.5 Å². The van der Waals surface area contributed by atoms with Gasteiger partial charge in [0, 0.05) is 23.9 Å². The van der Waals surface area contributed by atoms with Crippen LogP contribution in [0.1, 0.15) is 43.6 Å². The van der Waals surface area contributed by atoms with Gasteiger partial charge in [-0.15, -0.1) is 5.10 Å². The van der Waals surface area contributed by atoms with Crippen molar-refractivity contribution in [3.05, 3.63) is 58.9 Å². The van der Waals surface area contributed by atoms with Crippen LogP contribution in [0.2, 0.25) is 0 Å². The summed E-state index contributed by atoms with van der Waals surface area (Å²) < 4.78 is 63.4. The number of anilines is 2. The number of nitrogens with one attached hydrogen (secondary N) is 4. The molecule has 1 aromatic carbocycles. The maximum Gasteiger partial charge on any atom is 0.336 e. The Balaban J connectivity index is 1.02. The van der Waals surface area contributed by atoms with E-state index in [-0.39, 0.29) is 34.1 Å². The molecule has 5 aromatic rings. The number of aromatic amines is 1. The Hall–Kier alpha value is -5.37. The number of H-pyrrole nitrogens is 1. The molecule has 7 rings (SSSR count). The minimum absolute atomic E-state index is 0.137. The van der Waals surface area contributed by atoms with Crippen molar-refractivity contribution in [2.45, 2.75) is 63.8 Å². The van der Waals surface area contributed by atoms with Crippen molar-refractivity contribution in [1.82, 2.24) is 49.2 Å². The van der Waals surface area contributed by atoms with Gasteiger partial charge in [-0.25, -0.2) is 23.5 Å². The summed E-state index contributed by atoms with van der Waals surface area (Å²) in [4.78, 5) is 56.7. The molecule has 55 heavy (non-hydrogen) atoms. The zero-order chi connectivity index (χ0) is 39.2. The van der Waals surface area contributed by atoms with Gasteiger partial charge in [-0.1, -0.05) is 44.2 Å². The SMILES string of the molecule is CC(C)C(=O)Nc1nc2c(nnn2[C@@H]2O[C@H](CO)[C@@H](OS(=O)(=O)NC[C@H]3O[C@@H](n4cnc5c(NC(=O)c6ccccc6)ncnc54)[C@H](C)[C@@H]3O)[C@H]2F)c(=O)[nH]1. The maximum atomic E-state index is 16.0. The molecule has 0 unspecified atom stereocenters. The summed E-state index contributed by atoms with van der Waals surface area (Å²) >= 11 is 0. The summed E-state index contributed by atoms with van der Waals surface area (Å²) in [5.41, 5.74) is -0.521. The molecule has 4 aromatic heterocycles. The molecule has 22 nitrogen and oxygen atoms in total. The molecule has 24 heteroatoms. The molecule has 0 aliphatic carbocycles. The predicted octanol–water partition coefficient (Wildman–Crippen LogP) is -0.457. The van der Waals surface area contributed by atoms with Crippen LogP contribution in [0, 0.1) is 11.8 Å². The van der Waals surface area contributed by atoms with Crippen LogP contribution in [0.15, 0.2) is 47.8 Å². The number of alkyl halides is 1. The first kappa shape index (κ1) is 37.9. The zero-order valence-electron chi connectivity index (χ0n) is 29.2. The summed E-state index contributed by atoms with van der Waals surface area (Å²) in [6, 6.07) is 8.47. The highest BCUT2D eigenvalue weighted by atomic mass is 32.2. The smallest absolute Gasteiger partial charge is 0.336 e. The zero-order valence-corrected chi connectivity index (χ0v) is 30.0. The molecule has 8 atom stereocenters. The van der Waals surface area contributed by atoms with Crippen molar-refractivity contribution in [3.8, 4) is 0 Å². The monoisotopic (exact) mass is 786 g/mol. The van der Waals surface area contributed by atoms with Crippen LogP contribution in [0.25, 0.3) is 22.3 Å². The summed E-state index contributed by atoms with van der Waals surface area (Å²) in [5, 5.41) is 33.6. The number of halogens is 1. The maximum absolute atomic E-state index is 16.0. The average Bonchev–Trinajstić information content (AvgIpc) is 3.92. The number of carbonyl (C=O) groups is 2. The number of aromatic nitrogens is 9. The van der Waals surface area contributed by atoms with Crippen molar-refractivity contribution in [2.24, 2.45) is 11.8 Å². The van der Waals surface area contributed by atoms with Crippen molar-refractivity contribution < 1.29 is 46.3 Å². The average molecular weight is 787 g/mol. The van der Waals surface area contributed by atoms with E-state index in [4.69, 9.17) is 13.7 Å². The molecule has 0 radical (unpaired) electrons. The van der Waals surface area contributed by atoms with E-state index in [0.29, 0.717) is 5.56 Å². The molecule has 6 N–H and O–H groups in total. The highest BCUT2D eigenvalue weighted by molar-refractivity contribution is 7.84. The second-order valence-electron chi connectivity index (χ2n) is 13.1. The summed E-state index contributed by atoms with van der Waals surface area (Å²) in [5.74, 6) is -2.12. The van der Waals surface area contributed by atoms with E-state index >= 15 is 4.39 Å². The fourth-order valence-electron chi connectivity index (χ4n) is 6.13. The first-order chi connectivity index (χ1) is 26.3. The highest BCUT2D eigenvalue weighted by Gasteiger charge is 2.50. The topological polar surface area (TPSA) is 293 Å². The Morgan fingerprint density at radius 1 is 1.05 bits per heavy atom. The molecule has 6 heterocycles. The molecule has 0 bridgehead atoms. The lowest BCUT2D eigenvalue weighted by Crippen LogP contribution is -2.43. The van der Waals surface area contributed by atoms with Crippen LogP contribution in [0.4, 0.5) is 16.2 Å². The molecule has 2 fully saturated rings.